The molecule has 0 fully saturated rings. The van der Waals surface area contributed by atoms with Crippen molar-refractivity contribution in [3.63, 3.8) is 0 Å². The van der Waals surface area contributed by atoms with E-state index in [-0.39, 0.29) is 18.5 Å². The van der Waals surface area contributed by atoms with E-state index in [0.717, 1.165) is 10.6 Å². The molecule has 1 aliphatic rings. The molecule has 28 heavy (non-hydrogen) atoms. The van der Waals surface area contributed by atoms with Crippen LogP contribution in [0.1, 0.15) is 12.0 Å². The maximum atomic E-state index is 14.9. The summed E-state index contributed by atoms with van der Waals surface area (Å²) in [5, 5.41) is 8.91. The number of hydrogen-bond acceptors (Lipinski definition) is 6. The Morgan fingerprint density at radius 2 is 1.89 bits per heavy atom. The summed E-state index contributed by atoms with van der Waals surface area (Å²) in [6.45, 7) is 1.52. The zero-order chi connectivity index (χ0) is 19.4. The lowest BCUT2D eigenvalue weighted by atomic mass is 9.97. The van der Waals surface area contributed by atoms with Crippen LogP contribution < -0.4 is 15.4 Å². The highest BCUT2D eigenvalue weighted by molar-refractivity contribution is 8.00. The van der Waals surface area contributed by atoms with Gasteiger partial charge in [0.1, 0.15) is 0 Å². The Kier molecular flexibility index (Phi) is 5.79. The van der Waals surface area contributed by atoms with Crippen LogP contribution in [0.5, 0.6) is 0 Å². The standard InChI is InChI=1S/C20H20F2N4S2/c21-20(22)8-9-23-10-11-24-14-4-3-5-15(12-14)28-26-19-25-18(13-27-19)16-6-1-2-7-17(16)20/h1-7,12-13,23-24H,8-11H2,(H,25,26). The molecule has 3 N–H and O–H groups in total. The quantitative estimate of drug-likeness (QED) is 0.425. The number of fused-ring (bicyclic) bond motifs is 6. The Balaban J connectivity index is 1.65. The predicted molar refractivity (Wildman–Crippen MR) is 113 cm³/mol. The molecule has 2 heterocycles. The summed E-state index contributed by atoms with van der Waals surface area (Å²) in [5.41, 5.74) is 2.07. The Bertz CT molecular complexity index is 945. The molecule has 0 saturated carbocycles. The van der Waals surface area contributed by atoms with E-state index in [2.05, 4.69) is 20.3 Å². The molecule has 0 unspecified atom stereocenters. The van der Waals surface area contributed by atoms with Gasteiger partial charge in [-0.05, 0) is 30.1 Å². The molecule has 4 nitrogen and oxygen atoms in total. The van der Waals surface area contributed by atoms with E-state index < -0.39 is 5.92 Å². The minimum atomic E-state index is -2.93. The first-order valence-corrected chi connectivity index (χ1v) is 10.7. The number of benzene rings is 2. The third-order valence-electron chi connectivity index (χ3n) is 4.44. The molecular formula is C20H20F2N4S2. The second-order valence-electron chi connectivity index (χ2n) is 6.45. The largest absolute Gasteiger partial charge is 0.384 e. The summed E-state index contributed by atoms with van der Waals surface area (Å²) in [7, 11) is 0. The second-order valence-corrected chi connectivity index (χ2v) is 8.18. The summed E-state index contributed by atoms with van der Waals surface area (Å²) in [4.78, 5) is 5.57. The van der Waals surface area contributed by atoms with Crippen LogP contribution >= 0.6 is 23.3 Å². The lowest BCUT2D eigenvalue weighted by Crippen LogP contribution is -2.27. The van der Waals surface area contributed by atoms with Gasteiger partial charge in [0.2, 0.25) is 0 Å². The van der Waals surface area contributed by atoms with Crippen LogP contribution in [0, 0.1) is 0 Å². The molecular weight excluding hydrogens is 398 g/mol. The highest BCUT2D eigenvalue weighted by Crippen LogP contribution is 2.39. The van der Waals surface area contributed by atoms with Gasteiger partial charge in [-0.25, -0.2) is 13.8 Å². The zero-order valence-electron chi connectivity index (χ0n) is 15.0. The Morgan fingerprint density at radius 1 is 1.00 bits per heavy atom. The second kappa shape index (κ2) is 8.46. The number of alkyl halides is 2. The Morgan fingerprint density at radius 3 is 2.82 bits per heavy atom. The van der Waals surface area contributed by atoms with Crippen molar-refractivity contribution in [3.05, 3.63) is 59.5 Å². The van der Waals surface area contributed by atoms with Gasteiger partial charge in [0.05, 0.1) is 5.69 Å². The van der Waals surface area contributed by atoms with Gasteiger partial charge in [-0.1, -0.05) is 30.3 Å². The number of anilines is 2. The van der Waals surface area contributed by atoms with Gasteiger partial charge < -0.3 is 15.4 Å². The van der Waals surface area contributed by atoms with E-state index in [4.69, 9.17) is 0 Å². The van der Waals surface area contributed by atoms with Gasteiger partial charge in [-0.2, -0.15) is 0 Å². The number of nitrogens with one attached hydrogen (secondary N) is 3. The molecule has 3 aromatic rings. The van der Waals surface area contributed by atoms with Gasteiger partial charge in [0.25, 0.3) is 5.92 Å². The van der Waals surface area contributed by atoms with E-state index in [9.17, 15) is 8.78 Å². The molecule has 1 aliphatic heterocycles. The van der Waals surface area contributed by atoms with Crippen LogP contribution in [-0.2, 0) is 5.92 Å². The molecule has 2 aromatic carbocycles. The minimum Gasteiger partial charge on any atom is -0.384 e. The van der Waals surface area contributed by atoms with Crippen molar-refractivity contribution in [3.8, 4) is 11.3 Å². The summed E-state index contributed by atoms with van der Waals surface area (Å²) < 4.78 is 33.0. The van der Waals surface area contributed by atoms with Crippen LogP contribution in [-0.4, -0.2) is 24.6 Å². The fraction of sp³-hybridized carbons (Fsp3) is 0.250. The van der Waals surface area contributed by atoms with Crippen molar-refractivity contribution in [1.29, 1.82) is 0 Å². The number of thiazole rings is 1. The first kappa shape index (κ1) is 19.2. The highest BCUT2D eigenvalue weighted by atomic mass is 32.2. The molecule has 0 saturated heterocycles. The van der Waals surface area contributed by atoms with Gasteiger partial charge in [-0.15, -0.1) is 11.3 Å². The predicted octanol–water partition coefficient (Wildman–Crippen LogP) is 5.43. The molecule has 0 radical (unpaired) electrons. The molecule has 4 bridgehead atoms. The molecule has 0 amide bonds. The first-order valence-electron chi connectivity index (χ1n) is 9.02. The van der Waals surface area contributed by atoms with Crippen molar-refractivity contribution < 1.29 is 8.78 Å². The fourth-order valence-corrected chi connectivity index (χ4v) is 4.50. The number of halogens is 2. The molecule has 0 atom stereocenters. The van der Waals surface area contributed by atoms with Crippen LogP contribution in [0.2, 0.25) is 0 Å². The first-order chi connectivity index (χ1) is 13.6. The van der Waals surface area contributed by atoms with E-state index in [1.807, 2.05) is 29.6 Å². The van der Waals surface area contributed by atoms with Crippen LogP contribution in [0.3, 0.4) is 0 Å². The SMILES string of the molecule is FC1(F)CCNCCNc2cccc(c2)SNc2nc(cs2)-c2ccccc21. The average molecular weight is 419 g/mol. The number of rotatable bonds is 0. The van der Waals surface area contributed by atoms with Crippen LogP contribution in [0.4, 0.5) is 19.6 Å². The van der Waals surface area contributed by atoms with Gasteiger partial charge >= 0.3 is 0 Å². The van der Waals surface area contributed by atoms with Crippen LogP contribution in [0.25, 0.3) is 11.3 Å². The highest BCUT2D eigenvalue weighted by Gasteiger charge is 2.33. The van der Waals surface area contributed by atoms with Gasteiger partial charge in [0, 0.05) is 53.1 Å². The third kappa shape index (κ3) is 4.45. The molecule has 0 aliphatic carbocycles. The summed E-state index contributed by atoms with van der Waals surface area (Å²) in [5.74, 6) is -2.93. The average Bonchev–Trinajstić information content (AvgIpc) is 3.18. The minimum absolute atomic E-state index is 0.0235. The third-order valence-corrected chi connectivity index (χ3v) is 6.11. The summed E-state index contributed by atoms with van der Waals surface area (Å²) in [6, 6.07) is 14.7. The van der Waals surface area contributed by atoms with Crippen molar-refractivity contribution in [1.82, 2.24) is 10.3 Å². The maximum Gasteiger partial charge on any atom is 0.275 e. The number of nitrogens with zero attached hydrogens (tertiary/aromatic N) is 1. The summed E-state index contributed by atoms with van der Waals surface area (Å²) in [6.07, 6.45) is -0.259. The fourth-order valence-electron chi connectivity index (χ4n) is 3.04. The van der Waals surface area contributed by atoms with Gasteiger partial charge in [-0.3, -0.25) is 0 Å². The lowest BCUT2D eigenvalue weighted by molar-refractivity contribution is -0.0121. The van der Waals surface area contributed by atoms with Crippen molar-refractivity contribution in [2.75, 3.05) is 29.7 Å². The van der Waals surface area contributed by atoms with Gasteiger partial charge in [0.15, 0.2) is 5.13 Å². The molecule has 1 aromatic heterocycles. The van der Waals surface area contributed by atoms with Crippen LogP contribution in [0.15, 0.2) is 58.8 Å². The Hall–Kier alpha value is -2.16. The van der Waals surface area contributed by atoms with Crippen molar-refractivity contribution in [2.45, 2.75) is 17.2 Å². The molecule has 8 heteroatoms. The normalized spacial score (nSPS) is 16.9. The van der Waals surface area contributed by atoms with E-state index in [0.29, 0.717) is 29.5 Å². The monoisotopic (exact) mass is 418 g/mol. The van der Waals surface area contributed by atoms with E-state index in [1.165, 1.54) is 29.4 Å². The number of hydrogen-bond donors (Lipinski definition) is 3. The molecule has 0 spiro atoms. The van der Waals surface area contributed by atoms with Crippen molar-refractivity contribution >= 4 is 34.1 Å². The topological polar surface area (TPSA) is 49.0 Å². The van der Waals surface area contributed by atoms with E-state index >= 15 is 0 Å². The molecule has 146 valence electrons. The summed E-state index contributed by atoms with van der Waals surface area (Å²) >= 11 is 2.86. The number of aromatic nitrogens is 1. The smallest absolute Gasteiger partial charge is 0.275 e. The maximum absolute atomic E-state index is 14.9. The Labute approximate surface area is 170 Å². The zero-order valence-corrected chi connectivity index (χ0v) is 16.7. The van der Waals surface area contributed by atoms with E-state index in [1.54, 1.807) is 18.2 Å². The molecule has 4 rings (SSSR count). The van der Waals surface area contributed by atoms with Crippen molar-refractivity contribution in [2.24, 2.45) is 0 Å². The lowest BCUT2D eigenvalue weighted by Gasteiger charge is -2.20.